The van der Waals surface area contributed by atoms with E-state index in [0.29, 0.717) is 35.7 Å². The molecule has 7 heteroatoms. The summed E-state index contributed by atoms with van der Waals surface area (Å²) in [5.74, 6) is -0.666. The number of benzene rings is 4. The van der Waals surface area contributed by atoms with Gasteiger partial charge in [0.25, 0.3) is 5.91 Å². The maximum Gasteiger partial charge on any atom is 0.261 e. The van der Waals surface area contributed by atoms with Crippen LogP contribution < -0.4 is 10.1 Å². The molecule has 1 N–H and O–H groups in total. The van der Waals surface area contributed by atoms with E-state index >= 15 is 0 Å². The average molecular weight is 545 g/mol. The van der Waals surface area contributed by atoms with Gasteiger partial charge in [0.15, 0.2) is 6.61 Å². The molecule has 0 saturated heterocycles. The molecule has 0 fully saturated rings. The lowest BCUT2D eigenvalue weighted by Crippen LogP contribution is -2.52. The molecule has 0 bridgehead atoms. The molecule has 0 radical (unpaired) electrons. The Hall–Kier alpha value is -4.16. The lowest BCUT2D eigenvalue weighted by molar-refractivity contribution is -0.142. The van der Waals surface area contributed by atoms with E-state index in [-0.39, 0.29) is 24.9 Å². The minimum absolute atomic E-state index is 0.106. The van der Waals surface area contributed by atoms with Crippen molar-refractivity contribution < 1.29 is 18.7 Å². The zero-order valence-corrected chi connectivity index (χ0v) is 22.2. The molecule has 5 nitrogen and oxygen atoms in total. The molecule has 0 saturated carbocycles. The maximum absolute atomic E-state index is 13.6. The molecule has 0 aliphatic carbocycles. The van der Waals surface area contributed by atoms with Crippen LogP contribution in [0, 0.1) is 5.82 Å². The van der Waals surface area contributed by atoms with Gasteiger partial charge in [-0.1, -0.05) is 96.5 Å². The van der Waals surface area contributed by atoms with Crippen molar-refractivity contribution in [2.45, 2.75) is 25.4 Å². The van der Waals surface area contributed by atoms with E-state index in [4.69, 9.17) is 16.3 Å². The standard InChI is InChI=1S/C32H30ClFN2O3/c33-28-13-7-8-14-30(28)39-23-31(37)36(22-26-15-17-27(34)18-16-26)29(21-25-11-5-2-6-12-25)32(38)35-20-19-24-9-3-1-4-10-24/h1-18,29H,19-23H2,(H,35,38)/t29-/m1/s1. The molecule has 4 aromatic rings. The normalized spacial score (nSPS) is 11.4. The second-order valence-corrected chi connectivity index (χ2v) is 9.51. The van der Waals surface area contributed by atoms with E-state index in [1.807, 2.05) is 60.7 Å². The Balaban J connectivity index is 1.57. The van der Waals surface area contributed by atoms with Gasteiger partial charge in [0, 0.05) is 19.5 Å². The van der Waals surface area contributed by atoms with Crippen LogP contribution in [0.25, 0.3) is 0 Å². The Bertz CT molecular complexity index is 1350. The fourth-order valence-electron chi connectivity index (χ4n) is 4.22. The maximum atomic E-state index is 13.6. The van der Waals surface area contributed by atoms with Crippen molar-refractivity contribution in [3.8, 4) is 5.75 Å². The first-order chi connectivity index (χ1) is 19.0. The summed E-state index contributed by atoms with van der Waals surface area (Å²) in [6, 6.07) is 31.4. The van der Waals surface area contributed by atoms with Crippen LogP contribution in [0.4, 0.5) is 4.39 Å². The van der Waals surface area contributed by atoms with E-state index in [2.05, 4.69) is 5.32 Å². The number of rotatable bonds is 12. The number of hydrogen-bond donors (Lipinski definition) is 1. The van der Waals surface area contributed by atoms with Crippen LogP contribution in [-0.2, 0) is 29.0 Å². The first-order valence-corrected chi connectivity index (χ1v) is 13.1. The van der Waals surface area contributed by atoms with E-state index in [0.717, 1.165) is 11.1 Å². The van der Waals surface area contributed by atoms with Crippen molar-refractivity contribution in [3.63, 3.8) is 0 Å². The Morgan fingerprint density at radius 2 is 1.41 bits per heavy atom. The summed E-state index contributed by atoms with van der Waals surface area (Å²) in [5.41, 5.74) is 2.70. The molecule has 0 unspecified atom stereocenters. The largest absolute Gasteiger partial charge is 0.482 e. The molecule has 39 heavy (non-hydrogen) atoms. The van der Waals surface area contributed by atoms with E-state index in [1.165, 1.54) is 17.0 Å². The van der Waals surface area contributed by atoms with Crippen LogP contribution in [0.2, 0.25) is 5.02 Å². The van der Waals surface area contributed by atoms with Gasteiger partial charge in [0.2, 0.25) is 5.91 Å². The summed E-state index contributed by atoms with van der Waals surface area (Å²) in [6.45, 7) is 0.213. The Labute approximate surface area is 233 Å². The number of carbonyl (C=O) groups excluding carboxylic acids is 2. The molecule has 0 heterocycles. The van der Waals surface area contributed by atoms with Crippen LogP contribution in [-0.4, -0.2) is 35.9 Å². The molecule has 4 rings (SSSR count). The third kappa shape index (κ3) is 8.42. The number of nitrogens with zero attached hydrogens (tertiary/aromatic N) is 1. The van der Waals surface area contributed by atoms with Crippen molar-refractivity contribution in [2.24, 2.45) is 0 Å². The summed E-state index contributed by atoms with van der Waals surface area (Å²) < 4.78 is 19.3. The smallest absolute Gasteiger partial charge is 0.261 e. The molecule has 1 atom stereocenters. The van der Waals surface area contributed by atoms with Crippen LogP contribution in [0.1, 0.15) is 16.7 Å². The third-order valence-electron chi connectivity index (χ3n) is 6.28. The minimum Gasteiger partial charge on any atom is -0.482 e. The van der Waals surface area contributed by atoms with Gasteiger partial charge in [-0.25, -0.2) is 4.39 Å². The summed E-state index contributed by atoms with van der Waals surface area (Å²) in [5, 5.41) is 3.39. The van der Waals surface area contributed by atoms with Crippen LogP contribution in [0.15, 0.2) is 109 Å². The summed E-state index contributed by atoms with van der Waals surface area (Å²) in [6.07, 6.45) is 0.962. The van der Waals surface area contributed by atoms with Gasteiger partial charge in [0.05, 0.1) is 5.02 Å². The summed E-state index contributed by atoms with van der Waals surface area (Å²) >= 11 is 6.21. The third-order valence-corrected chi connectivity index (χ3v) is 6.59. The Morgan fingerprint density at radius 1 is 0.795 bits per heavy atom. The van der Waals surface area contributed by atoms with Crippen LogP contribution >= 0.6 is 11.6 Å². The number of halogens is 2. The van der Waals surface area contributed by atoms with Gasteiger partial charge in [-0.05, 0) is 47.4 Å². The number of ether oxygens (including phenoxy) is 1. The van der Waals surface area contributed by atoms with Gasteiger partial charge in [0.1, 0.15) is 17.6 Å². The lowest BCUT2D eigenvalue weighted by Gasteiger charge is -2.31. The highest BCUT2D eigenvalue weighted by Crippen LogP contribution is 2.23. The fourth-order valence-corrected chi connectivity index (χ4v) is 4.41. The second kappa shape index (κ2) is 14.1. The number of hydrogen-bond acceptors (Lipinski definition) is 3. The van der Waals surface area contributed by atoms with Crippen molar-refractivity contribution in [1.29, 1.82) is 0 Å². The average Bonchev–Trinajstić information content (AvgIpc) is 2.96. The van der Waals surface area contributed by atoms with Gasteiger partial charge in [-0.2, -0.15) is 0 Å². The molecule has 0 aliphatic heterocycles. The molecular weight excluding hydrogens is 515 g/mol. The Kier molecular flexibility index (Phi) is 10.1. The molecule has 0 aliphatic rings. The van der Waals surface area contributed by atoms with Gasteiger partial charge >= 0.3 is 0 Å². The topological polar surface area (TPSA) is 58.6 Å². The predicted molar refractivity (Wildman–Crippen MR) is 151 cm³/mol. The summed E-state index contributed by atoms with van der Waals surface area (Å²) in [4.78, 5) is 28.8. The zero-order valence-electron chi connectivity index (χ0n) is 21.4. The lowest BCUT2D eigenvalue weighted by atomic mass is 10.0. The molecule has 4 aromatic carbocycles. The monoisotopic (exact) mass is 544 g/mol. The van der Waals surface area contributed by atoms with Crippen molar-refractivity contribution in [3.05, 3.63) is 137 Å². The Morgan fingerprint density at radius 3 is 2.08 bits per heavy atom. The van der Waals surface area contributed by atoms with Gasteiger partial charge in [-0.15, -0.1) is 0 Å². The second-order valence-electron chi connectivity index (χ2n) is 9.10. The molecule has 0 spiro atoms. The summed E-state index contributed by atoms with van der Waals surface area (Å²) in [7, 11) is 0. The van der Waals surface area contributed by atoms with Crippen molar-refractivity contribution in [2.75, 3.05) is 13.2 Å². The van der Waals surface area contributed by atoms with Crippen molar-refractivity contribution in [1.82, 2.24) is 10.2 Å². The first kappa shape index (κ1) is 27.9. The van der Waals surface area contributed by atoms with Crippen molar-refractivity contribution >= 4 is 23.4 Å². The van der Waals surface area contributed by atoms with Gasteiger partial charge < -0.3 is 15.0 Å². The highest BCUT2D eigenvalue weighted by Gasteiger charge is 2.30. The first-order valence-electron chi connectivity index (χ1n) is 12.8. The number of nitrogens with one attached hydrogen (secondary N) is 1. The van der Waals surface area contributed by atoms with E-state index < -0.39 is 11.9 Å². The quantitative estimate of drug-likeness (QED) is 0.243. The molecule has 200 valence electrons. The molecule has 2 amide bonds. The van der Waals surface area contributed by atoms with Crippen LogP contribution in [0.5, 0.6) is 5.75 Å². The van der Waals surface area contributed by atoms with Gasteiger partial charge in [-0.3, -0.25) is 9.59 Å². The highest BCUT2D eigenvalue weighted by atomic mass is 35.5. The zero-order chi connectivity index (χ0) is 27.5. The SMILES string of the molecule is O=C(NCCc1ccccc1)[C@@H](Cc1ccccc1)N(Cc1ccc(F)cc1)C(=O)COc1ccccc1Cl. The predicted octanol–water partition coefficient (Wildman–Crippen LogP) is 5.86. The molecular formula is C32H30ClFN2O3. The number of amides is 2. The van der Waals surface area contributed by atoms with E-state index in [1.54, 1.807) is 36.4 Å². The van der Waals surface area contributed by atoms with E-state index in [9.17, 15) is 14.0 Å². The number of para-hydroxylation sites is 1. The molecule has 0 aromatic heterocycles. The fraction of sp³-hybridized carbons (Fsp3) is 0.188. The number of carbonyl (C=O) groups is 2. The van der Waals surface area contributed by atoms with Crippen LogP contribution in [0.3, 0.4) is 0 Å². The highest BCUT2D eigenvalue weighted by molar-refractivity contribution is 6.32. The minimum atomic E-state index is -0.824.